The predicted molar refractivity (Wildman–Crippen MR) is 47.1 cm³/mol. The van der Waals surface area contributed by atoms with E-state index in [4.69, 9.17) is 10.8 Å². The van der Waals surface area contributed by atoms with E-state index in [0.717, 1.165) is 6.33 Å². The number of hydrogen-bond acceptors (Lipinski definition) is 4. The van der Waals surface area contributed by atoms with Crippen LogP contribution in [0.15, 0.2) is 11.1 Å². The highest BCUT2D eigenvalue weighted by Gasteiger charge is 2.02. The first-order valence-electron chi connectivity index (χ1n) is 3.71. The average molecular weight is 179 g/mol. The Morgan fingerprint density at radius 2 is 2.46 bits per heavy atom. The number of rotatable bonds is 1. The lowest BCUT2D eigenvalue weighted by atomic mass is 10.3. The highest BCUT2D eigenvalue weighted by molar-refractivity contribution is 5.38. The number of H-pyrrole nitrogens is 1. The van der Waals surface area contributed by atoms with Crippen LogP contribution in [0.2, 0.25) is 0 Å². The molecular weight excluding hydrogens is 170 g/mol. The number of aromatic hydroxyl groups is 1. The molecule has 0 radical (unpaired) electrons. The summed E-state index contributed by atoms with van der Waals surface area (Å²) in [6, 6.07) is 0. The third-order valence-electron chi connectivity index (χ3n) is 1.32. The molecule has 0 aromatic carbocycles. The Labute approximate surface area is 74.6 Å². The van der Waals surface area contributed by atoms with Gasteiger partial charge in [-0.3, -0.25) is 4.79 Å². The van der Waals surface area contributed by atoms with Crippen molar-refractivity contribution < 1.29 is 5.11 Å². The van der Waals surface area contributed by atoms with E-state index >= 15 is 0 Å². The van der Waals surface area contributed by atoms with Gasteiger partial charge in [0.25, 0.3) is 5.56 Å². The summed E-state index contributed by atoms with van der Waals surface area (Å²) in [4.78, 5) is 16.8. The zero-order chi connectivity index (χ0) is 9.68. The van der Waals surface area contributed by atoms with Crippen LogP contribution in [0, 0.1) is 11.8 Å². The van der Waals surface area contributed by atoms with Gasteiger partial charge in [-0.15, -0.1) is 0 Å². The maximum Gasteiger partial charge on any atom is 0.270 e. The van der Waals surface area contributed by atoms with Gasteiger partial charge >= 0.3 is 0 Å². The Hall–Kier alpha value is -1.80. The minimum Gasteiger partial charge on any atom is -0.492 e. The highest BCUT2D eigenvalue weighted by Crippen LogP contribution is 2.03. The van der Waals surface area contributed by atoms with E-state index in [0.29, 0.717) is 13.0 Å². The SMILES string of the molecule is NCCC#Cc1c(O)nc[nH]c1=O. The minimum absolute atomic E-state index is 0.0176. The second-order valence-corrected chi connectivity index (χ2v) is 2.27. The van der Waals surface area contributed by atoms with Gasteiger partial charge in [0.15, 0.2) is 5.56 Å². The molecule has 0 saturated heterocycles. The van der Waals surface area contributed by atoms with Gasteiger partial charge in [0.2, 0.25) is 5.88 Å². The molecule has 1 heterocycles. The largest absolute Gasteiger partial charge is 0.492 e. The fourth-order valence-corrected chi connectivity index (χ4v) is 0.726. The third-order valence-corrected chi connectivity index (χ3v) is 1.32. The summed E-state index contributed by atoms with van der Waals surface area (Å²) in [5, 5.41) is 9.13. The molecule has 0 saturated carbocycles. The van der Waals surface area contributed by atoms with Crippen molar-refractivity contribution in [3.05, 3.63) is 22.2 Å². The van der Waals surface area contributed by atoms with Gasteiger partial charge in [-0.1, -0.05) is 11.8 Å². The second-order valence-electron chi connectivity index (χ2n) is 2.27. The van der Waals surface area contributed by atoms with Crippen LogP contribution < -0.4 is 11.3 Å². The summed E-state index contributed by atoms with van der Waals surface area (Å²) in [6.45, 7) is 0.423. The number of hydrogen-bond donors (Lipinski definition) is 3. The van der Waals surface area contributed by atoms with Crippen molar-refractivity contribution in [2.45, 2.75) is 6.42 Å². The van der Waals surface area contributed by atoms with Gasteiger partial charge in [-0.05, 0) is 0 Å². The predicted octanol–water partition coefficient (Wildman–Crippen LogP) is -0.824. The highest BCUT2D eigenvalue weighted by atomic mass is 16.3. The summed E-state index contributed by atoms with van der Waals surface area (Å²) in [5.74, 6) is 4.78. The molecule has 1 rings (SSSR count). The van der Waals surface area contributed by atoms with Crippen LogP contribution in [0.25, 0.3) is 0 Å². The molecule has 5 nitrogen and oxygen atoms in total. The molecule has 13 heavy (non-hydrogen) atoms. The van der Waals surface area contributed by atoms with Crippen molar-refractivity contribution in [1.82, 2.24) is 9.97 Å². The number of aromatic amines is 1. The van der Waals surface area contributed by atoms with Crippen LogP contribution in [-0.4, -0.2) is 21.6 Å². The van der Waals surface area contributed by atoms with E-state index in [1.165, 1.54) is 0 Å². The van der Waals surface area contributed by atoms with E-state index in [1.54, 1.807) is 0 Å². The van der Waals surface area contributed by atoms with Crippen molar-refractivity contribution >= 4 is 0 Å². The van der Waals surface area contributed by atoms with E-state index in [9.17, 15) is 4.79 Å². The summed E-state index contributed by atoms with van der Waals surface area (Å²) < 4.78 is 0. The molecule has 0 aliphatic rings. The van der Waals surface area contributed by atoms with Crippen LogP contribution in [0.5, 0.6) is 5.88 Å². The van der Waals surface area contributed by atoms with Gasteiger partial charge in [0.05, 0.1) is 6.33 Å². The molecule has 0 bridgehead atoms. The van der Waals surface area contributed by atoms with Gasteiger partial charge in [0, 0.05) is 13.0 Å². The van der Waals surface area contributed by atoms with E-state index < -0.39 is 5.56 Å². The van der Waals surface area contributed by atoms with Gasteiger partial charge in [-0.2, -0.15) is 0 Å². The Bertz CT molecular complexity index is 400. The summed E-state index contributed by atoms with van der Waals surface area (Å²) in [7, 11) is 0. The third kappa shape index (κ3) is 2.32. The zero-order valence-corrected chi connectivity index (χ0v) is 6.87. The van der Waals surface area contributed by atoms with Gasteiger partial charge in [-0.25, -0.2) is 4.98 Å². The number of nitrogens with one attached hydrogen (secondary N) is 1. The van der Waals surface area contributed by atoms with Gasteiger partial charge in [0.1, 0.15) is 0 Å². The van der Waals surface area contributed by atoms with E-state index in [1.807, 2.05) is 0 Å². The quantitative estimate of drug-likeness (QED) is 0.491. The van der Waals surface area contributed by atoms with Crippen molar-refractivity contribution in [2.24, 2.45) is 5.73 Å². The Morgan fingerprint density at radius 3 is 3.08 bits per heavy atom. The molecule has 0 aliphatic carbocycles. The van der Waals surface area contributed by atoms with Crippen LogP contribution in [0.3, 0.4) is 0 Å². The molecule has 0 fully saturated rings. The number of nitrogens with two attached hydrogens (primary N) is 1. The smallest absolute Gasteiger partial charge is 0.270 e. The van der Waals surface area contributed by atoms with Gasteiger partial charge < -0.3 is 15.8 Å². The van der Waals surface area contributed by atoms with Crippen molar-refractivity contribution in [3.8, 4) is 17.7 Å². The van der Waals surface area contributed by atoms with Crippen LogP contribution in [0.1, 0.15) is 12.0 Å². The van der Waals surface area contributed by atoms with E-state index in [2.05, 4.69) is 21.8 Å². The maximum absolute atomic E-state index is 11.0. The molecule has 1 aromatic heterocycles. The normalized spacial score (nSPS) is 9.00. The molecule has 0 aliphatic heterocycles. The minimum atomic E-state index is -0.447. The van der Waals surface area contributed by atoms with Crippen molar-refractivity contribution in [2.75, 3.05) is 6.54 Å². The molecule has 68 valence electrons. The zero-order valence-electron chi connectivity index (χ0n) is 6.87. The van der Waals surface area contributed by atoms with Crippen LogP contribution in [0.4, 0.5) is 0 Å². The number of nitrogens with zero attached hydrogens (tertiary/aromatic N) is 1. The molecular formula is C8H9N3O2. The van der Waals surface area contributed by atoms with Crippen molar-refractivity contribution in [3.63, 3.8) is 0 Å². The lowest BCUT2D eigenvalue weighted by Gasteiger charge is -1.91. The lowest BCUT2D eigenvalue weighted by Crippen LogP contribution is -2.10. The molecule has 0 atom stereocenters. The first kappa shape index (κ1) is 9.29. The first-order valence-corrected chi connectivity index (χ1v) is 3.71. The lowest BCUT2D eigenvalue weighted by molar-refractivity contribution is 0.449. The average Bonchev–Trinajstić information content (AvgIpc) is 2.10. The fraction of sp³-hybridized carbons (Fsp3) is 0.250. The standard InChI is InChI=1S/C8H9N3O2/c9-4-2-1-3-6-7(12)10-5-11-8(6)13/h5H,2,4,9H2,(H2,10,11,12,13). The summed E-state index contributed by atoms with van der Waals surface area (Å²) in [6.07, 6.45) is 1.60. The fourth-order valence-electron chi connectivity index (χ4n) is 0.726. The molecule has 5 heteroatoms. The van der Waals surface area contributed by atoms with Crippen LogP contribution in [-0.2, 0) is 0 Å². The Kier molecular flexibility index (Phi) is 3.06. The molecule has 0 amide bonds. The topological polar surface area (TPSA) is 92.0 Å². The monoisotopic (exact) mass is 179 g/mol. The summed E-state index contributed by atoms with van der Waals surface area (Å²) in [5.41, 5.74) is 4.74. The Morgan fingerprint density at radius 1 is 1.69 bits per heavy atom. The molecule has 0 unspecified atom stereocenters. The second kappa shape index (κ2) is 4.28. The van der Waals surface area contributed by atoms with E-state index in [-0.39, 0.29) is 11.4 Å². The maximum atomic E-state index is 11.0. The number of aromatic nitrogens is 2. The van der Waals surface area contributed by atoms with Crippen molar-refractivity contribution in [1.29, 1.82) is 0 Å². The summed E-state index contributed by atoms with van der Waals surface area (Å²) >= 11 is 0. The molecule has 4 N–H and O–H groups in total. The molecule has 1 aromatic rings. The van der Waals surface area contributed by atoms with Crippen LogP contribution >= 0.6 is 0 Å². The first-order chi connectivity index (χ1) is 6.25. The molecule has 0 spiro atoms. The Balaban J connectivity index is 3.02.